The minimum atomic E-state index is 0. The molecule has 0 aliphatic heterocycles. The summed E-state index contributed by atoms with van der Waals surface area (Å²) in [6.07, 6.45) is 0. The summed E-state index contributed by atoms with van der Waals surface area (Å²) in [4.78, 5) is 0. The molecule has 2 aromatic carbocycles. The molecule has 0 N–H and O–H groups in total. The first kappa shape index (κ1) is 20.1. The first-order valence-electron chi connectivity index (χ1n) is 7.53. The SMILES string of the molecule is Cc1ccc(C(C)C)cc1.Cc1ccc(C(C)C)cc1.[Ru]. The molecule has 1 heteroatoms. The molecule has 0 amide bonds. The summed E-state index contributed by atoms with van der Waals surface area (Å²) < 4.78 is 0. The van der Waals surface area contributed by atoms with Crippen molar-refractivity contribution >= 4 is 0 Å². The molecule has 2 aromatic rings. The Morgan fingerprint density at radius 1 is 0.524 bits per heavy atom. The molecule has 21 heavy (non-hydrogen) atoms. The van der Waals surface area contributed by atoms with Crippen molar-refractivity contribution in [3.8, 4) is 0 Å². The van der Waals surface area contributed by atoms with Crippen LogP contribution < -0.4 is 0 Å². The normalized spacial score (nSPS) is 9.90. The third kappa shape index (κ3) is 7.58. The van der Waals surface area contributed by atoms with Gasteiger partial charge in [0.05, 0.1) is 0 Å². The molecule has 0 saturated carbocycles. The van der Waals surface area contributed by atoms with Crippen molar-refractivity contribution in [1.29, 1.82) is 0 Å². The summed E-state index contributed by atoms with van der Waals surface area (Å²) in [5.41, 5.74) is 5.52. The van der Waals surface area contributed by atoms with E-state index in [1.807, 2.05) is 0 Å². The van der Waals surface area contributed by atoms with E-state index in [1.54, 1.807) is 0 Å². The average molecular weight is 370 g/mol. The Bertz CT molecular complexity index is 443. The minimum Gasteiger partial charge on any atom is -0.0590 e. The summed E-state index contributed by atoms with van der Waals surface area (Å²) in [7, 11) is 0. The van der Waals surface area contributed by atoms with E-state index in [2.05, 4.69) is 90.1 Å². The molecule has 0 aliphatic rings. The Hall–Kier alpha value is -0.937. The Kier molecular flexibility index (Phi) is 9.46. The van der Waals surface area contributed by atoms with Crippen molar-refractivity contribution < 1.29 is 19.5 Å². The molecular weight excluding hydrogens is 341 g/mol. The van der Waals surface area contributed by atoms with Gasteiger partial charge >= 0.3 is 0 Å². The van der Waals surface area contributed by atoms with Crippen molar-refractivity contribution in [1.82, 2.24) is 0 Å². The van der Waals surface area contributed by atoms with E-state index < -0.39 is 0 Å². The van der Waals surface area contributed by atoms with Gasteiger partial charge in [-0.2, -0.15) is 0 Å². The molecular formula is C20H28Ru. The van der Waals surface area contributed by atoms with E-state index in [0.29, 0.717) is 11.8 Å². The van der Waals surface area contributed by atoms with Crippen LogP contribution in [0.2, 0.25) is 0 Å². The van der Waals surface area contributed by atoms with E-state index in [4.69, 9.17) is 0 Å². The predicted molar refractivity (Wildman–Crippen MR) is 90.5 cm³/mol. The molecule has 0 spiro atoms. The monoisotopic (exact) mass is 370 g/mol. The second kappa shape index (κ2) is 9.90. The average Bonchev–Trinajstić information content (AvgIpc) is 2.40. The van der Waals surface area contributed by atoms with Crippen molar-refractivity contribution in [2.24, 2.45) is 0 Å². The largest absolute Gasteiger partial charge is 0.0590 e. The molecule has 0 atom stereocenters. The van der Waals surface area contributed by atoms with Crippen LogP contribution in [0.1, 0.15) is 61.8 Å². The van der Waals surface area contributed by atoms with Crippen molar-refractivity contribution in [2.75, 3.05) is 0 Å². The quantitative estimate of drug-likeness (QED) is 0.550. The number of benzene rings is 2. The first-order chi connectivity index (χ1) is 9.40. The Balaban J connectivity index is 0.000000364. The van der Waals surface area contributed by atoms with Crippen LogP contribution in [0.15, 0.2) is 48.5 Å². The molecule has 0 unspecified atom stereocenters. The zero-order valence-corrected chi connectivity index (χ0v) is 15.9. The van der Waals surface area contributed by atoms with Crippen molar-refractivity contribution in [3.05, 3.63) is 70.8 Å². The predicted octanol–water partition coefficient (Wildman–Crippen LogP) is 6.23. The zero-order chi connectivity index (χ0) is 15.1. The molecule has 0 radical (unpaired) electrons. The summed E-state index contributed by atoms with van der Waals surface area (Å²) >= 11 is 0. The van der Waals surface area contributed by atoms with Crippen LogP contribution in [0.4, 0.5) is 0 Å². The van der Waals surface area contributed by atoms with Gasteiger partial charge in [-0.05, 0) is 36.8 Å². The standard InChI is InChI=1S/2C10H14.Ru/c2*1-8(2)10-6-4-9(3)5-7-10;/h2*4-8H,1-3H3;. The maximum absolute atomic E-state index is 2.21. The second-order valence-electron chi connectivity index (χ2n) is 6.13. The fourth-order valence-corrected chi connectivity index (χ4v) is 1.90. The maximum Gasteiger partial charge on any atom is 0 e. The molecule has 0 saturated heterocycles. The van der Waals surface area contributed by atoms with Gasteiger partial charge in [0.15, 0.2) is 0 Å². The number of hydrogen-bond donors (Lipinski definition) is 0. The Morgan fingerprint density at radius 3 is 0.952 bits per heavy atom. The Morgan fingerprint density at radius 2 is 0.762 bits per heavy atom. The van der Waals surface area contributed by atoms with Gasteiger partial charge < -0.3 is 0 Å². The molecule has 0 aliphatic carbocycles. The van der Waals surface area contributed by atoms with Crippen molar-refractivity contribution in [2.45, 2.75) is 53.4 Å². The van der Waals surface area contributed by atoms with E-state index in [0.717, 1.165) is 0 Å². The molecule has 2 rings (SSSR count). The topological polar surface area (TPSA) is 0 Å². The number of hydrogen-bond acceptors (Lipinski definition) is 0. The van der Waals surface area contributed by atoms with Gasteiger partial charge in [-0.15, -0.1) is 0 Å². The number of rotatable bonds is 2. The summed E-state index contributed by atoms with van der Waals surface area (Å²) in [5.74, 6) is 1.31. The fraction of sp³-hybridized carbons (Fsp3) is 0.400. The molecule has 0 heterocycles. The molecule has 0 nitrogen and oxygen atoms in total. The molecule has 0 bridgehead atoms. The van der Waals surface area contributed by atoms with Gasteiger partial charge in [0.1, 0.15) is 0 Å². The summed E-state index contributed by atoms with van der Waals surface area (Å²) in [5, 5.41) is 0. The van der Waals surface area contributed by atoms with Gasteiger partial charge in [0.25, 0.3) is 0 Å². The van der Waals surface area contributed by atoms with Crippen LogP contribution >= 0.6 is 0 Å². The zero-order valence-electron chi connectivity index (χ0n) is 14.1. The van der Waals surface area contributed by atoms with E-state index in [-0.39, 0.29) is 19.5 Å². The number of aryl methyl sites for hydroxylation is 2. The van der Waals surface area contributed by atoms with E-state index >= 15 is 0 Å². The van der Waals surface area contributed by atoms with Crippen LogP contribution in [-0.2, 0) is 19.5 Å². The van der Waals surface area contributed by atoms with Gasteiger partial charge in [0.2, 0.25) is 0 Å². The molecule has 116 valence electrons. The van der Waals surface area contributed by atoms with Crippen LogP contribution in [-0.4, -0.2) is 0 Å². The van der Waals surface area contributed by atoms with Crippen LogP contribution in [0.5, 0.6) is 0 Å². The van der Waals surface area contributed by atoms with Crippen LogP contribution in [0.25, 0.3) is 0 Å². The molecule has 0 fully saturated rings. The van der Waals surface area contributed by atoms with Gasteiger partial charge in [0, 0.05) is 19.5 Å². The van der Waals surface area contributed by atoms with Crippen molar-refractivity contribution in [3.63, 3.8) is 0 Å². The maximum atomic E-state index is 2.21. The minimum absolute atomic E-state index is 0. The first-order valence-corrected chi connectivity index (χ1v) is 7.53. The smallest absolute Gasteiger partial charge is 0 e. The fourth-order valence-electron chi connectivity index (χ4n) is 1.90. The van der Waals surface area contributed by atoms with Crippen LogP contribution in [0.3, 0.4) is 0 Å². The van der Waals surface area contributed by atoms with Gasteiger partial charge in [-0.1, -0.05) is 87.4 Å². The van der Waals surface area contributed by atoms with E-state index in [1.165, 1.54) is 22.3 Å². The van der Waals surface area contributed by atoms with Gasteiger partial charge in [-0.3, -0.25) is 0 Å². The van der Waals surface area contributed by atoms with Crippen LogP contribution in [0, 0.1) is 13.8 Å². The summed E-state index contributed by atoms with van der Waals surface area (Å²) in [6.45, 7) is 13.1. The van der Waals surface area contributed by atoms with E-state index in [9.17, 15) is 0 Å². The second-order valence-corrected chi connectivity index (χ2v) is 6.13. The molecule has 0 aromatic heterocycles. The third-order valence-electron chi connectivity index (χ3n) is 3.49. The third-order valence-corrected chi connectivity index (χ3v) is 3.49. The summed E-state index contributed by atoms with van der Waals surface area (Å²) in [6, 6.07) is 17.4. The van der Waals surface area contributed by atoms with Gasteiger partial charge in [-0.25, -0.2) is 0 Å². The Labute approximate surface area is 143 Å².